The SMILES string of the molecule is COc1ccc(NC(=O)C2CCN(Cc3nc(-c4cccc(Br)c4)no3)CC2)cc1S(=O)(=O)N1CCCCC1. The molecule has 2 saturated heterocycles. The number of halogens is 1. The first-order valence-corrected chi connectivity index (χ1v) is 15.4. The lowest BCUT2D eigenvalue weighted by molar-refractivity contribution is -0.121. The number of piperidine rings is 2. The van der Waals surface area contributed by atoms with Crippen molar-refractivity contribution in [1.82, 2.24) is 19.3 Å². The molecule has 0 aliphatic carbocycles. The molecule has 0 saturated carbocycles. The van der Waals surface area contributed by atoms with Crippen molar-refractivity contribution in [2.75, 3.05) is 38.6 Å². The number of aromatic nitrogens is 2. The summed E-state index contributed by atoms with van der Waals surface area (Å²) < 4.78 is 39.8. The van der Waals surface area contributed by atoms with Crippen LogP contribution in [0.1, 0.15) is 38.0 Å². The van der Waals surface area contributed by atoms with Crippen molar-refractivity contribution in [2.45, 2.75) is 43.5 Å². The third-order valence-electron chi connectivity index (χ3n) is 7.23. The van der Waals surface area contributed by atoms with Gasteiger partial charge in [-0.05, 0) is 69.1 Å². The number of sulfonamides is 1. The maximum Gasteiger partial charge on any atom is 0.246 e. The maximum absolute atomic E-state index is 13.3. The number of ether oxygens (including phenoxy) is 1. The van der Waals surface area contributed by atoms with Gasteiger partial charge in [-0.1, -0.05) is 39.6 Å². The molecule has 0 radical (unpaired) electrons. The van der Waals surface area contributed by atoms with Gasteiger partial charge in [0.05, 0.1) is 13.7 Å². The third kappa shape index (κ3) is 6.51. The van der Waals surface area contributed by atoms with Crippen molar-refractivity contribution in [1.29, 1.82) is 0 Å². The van der Waals surface area contributed by atoms with Gasteiger partial charge in [-0.15, -0.1) is 0 Å². The Morgan fingerprint density at radius 1 is 1.10 bits per heavy atom. The minimum Gasteiger partial charge on any atom is -0.495 e. The molecule has 0 atom stereocenters. The Hall–Kier alpha value is -2.80. The van der Waals surface area contributed by atoms with E-state index in [-0.39, 0.29) is 22.5 Å². The summed E-state index contributed by atoms with van der Waals surface area (Å²) in [6.45, 7) is 2.94. The molecule has 0 spiro atoms. The zero-order valence-corrected chi connectivity index (χ0v) is 24.2. The van der Waals surface area contributed by atoms with E-state index in [0.717, 1.165) is 29.3 Å². The highest BCUT2D eigenvalue weighted by Gasteiger charge is 2.30. The monoisotopic (exact) mass is 617 g/mol. The number of hydrogen-bond acceptors (Lipinski definition) is 8. The molecule has 208 valence electrons. The molecule has 5 rings (SSSR count). The van der Waals surface area contributed by atoms with Gasteiger partial charge in [0.2, 0.25) is 27.6 Å². The molecule has 1 amide bonds. The summed E-state index contributed by atoms with van der Waals surface area (Å²) in [5, 5.41) is 7.03. The fourth-order valence-electron chi connectivity index (χ4n) is 5.05. The van der Waals surface area contributed by atoms with Gasteiger partial charge in [0.1, 0.15) is 10.6 Å². The van der Waals surface area contributed by atoms with Gasteiger partial charge < -0.3 is 14.6 Å². The van der Waals surface area contributed by atoms with Gasteiger partial charge in [0.25, 0.3) is 0 Å². The molecule has 0 unspecified atom stereocenters. The zero-order valence-electron chi connectivity index (χ0n) is 21.8. The van der Waals surface area contributed by atoms with Gasteiger partial charge in [-0.25, -0.2) is 8.42 Å². The Bertz CT molecular complexity index is 1420. The number of anilines is 1. The first-order chi connectivity index (χ1) is 18.8. The number of rotatable bonds is 8. The maximum atomic E-state index is 13.3. The van der Waals surface area contributed by atoms with Gasteiger partial charge >= 0.3 is 0 Å². The lowest BCUT2D eigenvalue weighted by Crippen LogP contribution is -2.38. The number of carbonyl (C=O) groups is 1. The van der Waals surface area contributed by atoms with E-state index >= 15 is 0 Å². The van der Waals surface area contributed by atoms with Crippen molar-refractivity contribution in [3.05, 3.63) is 52.8 Å². The van der Waals surface area contributed by atoms with Crippen molar-refractivity contribution >= 4 is 37.5 Å². The van der Waals surface area contributed by atoms with Crippen LogP contribution in [-0.2, 0) is 21.4 Å². The average Bonchev–Trinajstić information content (AvgIpc) is 3.42. The summed E-state index contributed by atoms with van der Waals surface area (Å²) in [5.74, 6) is 1.06. The van der Waals surface area contributed by atoms with E-state index in [4.69, 9.17) is 9.26 Å². The smallest absolute Gasteiger partial charge is 0.246 e. The molecule has 0 bridgehead atoms. The van der Waals surface area contributed by atoms with Gasteiger partial charge in [-0.3, -0.25) is 9.69 Å². The molecule has 1 N–H and O–H groups in total. The largest absolute Gasteiger partial charge is 0.495 e. The topological polar surface area (TPSA) is 118 Å². The number of amides is 1. The highest BCUT2D eigenvalue weighted by molar-refractivity contribution is 9.10. The van der Waals surface area contributed by atoms with Crippen LogP contribution in [-0.4, -0.2) is 67.0 Å². The summed E-state index contributed by atoms with van der Waals surface area (Å²) >= 11 is 3.46. The summed E-state index contributed by atoms with van der Waals surface area (Å²) in [6.07, 6.45) is 4.06. The number of nitrogens with one attached hydrogen (secondary N) is 1. The average molecular weight is 619 g/mol. The molecule has 1 aromatic heterocycles. The second-order valence-corrected chi connectivity index (χ2v) is 12.7. The number of benzene rings is 2. The van der Waals surface area contributed by atoms with E-state index in [0.29, 0.717) is 63.0 Å². The van der Waals surface area contributed by atoms with E-state index in [1.807, 2.05) is 24.3 Å². The first-order valence-electron chi connectivity index (χ1n) is 13.1. The standard InChI is InChI=1S/C27H32BrN5O5S/c1-37-23-9-8-22(17-24(23)39(35,36)33-12-3-2-4-13-33)29-27(34)19-10-14-32(15-11-19)18-25-30-26(31-38-25)20-6-5-7-21(28)16-20/h5-9,16-17,19H,2-4,10-15,18H2,1H3,(H,29,34). The van der Waals surface area contributed by atoms with Crippen molar-refractivity contribution in [3.8, 4) is 17.1 Å². The van der Waals surface area contributed by atoms with Gasteiger partial charge in [0, 0.05) is 34.7 Å². The summed E-state index contributed by atoms with van der Waals surface area (Å²) in [6, 6.07) is 12.5. The first kappa shape index (κ1) is 27.8. The molecule has 2 aromatic carbocycles. The molecule has 10 nitrogen and oxygen atoms in total. The Balaban J connectivity index is 1.18. The minimum atomic E-state index is -3.72. The van der Waals surface area contributed by atoms with Crippen LogP contribution < -0.4 is 10.1 Å². The van der Waals surface area contributed by atoms with Gasteiger partial charge in [-0.2, -0.15) is 9.29 Å². The summed E-state index contributed by atoms with van der Waals surface area (Å²) in [7, 11) is -2.26. The molecule has 39 heavy (non-hydrogen) atoms. The Morgan fingerprint density at radius 3 is 2.59 bits per heavy atom. The highest BCUT2D eigenvalue weighted by Crippen LogP contribution is 2.32. The lowest BCUT2D eigenvalue weighted by Gasteiger charge is -2.30. The van der Waals surface area contributed by atoms with E-state index in [2.05, 4.69) is 36.3 Å². The van der Waals surface area contributed by atoms with Crippen LogP contribution in [0.15, 0.2) is 56.4 Å². The number of likely N-dealkylation sites (tertiary alicyclic amines) is 1. The summed E-state index contributed by atoms with van der Waals surface area (Å²) in [5.41, 5.74) is 1.32. The number of hydrogen-bond donors (Lipinski definition) is 1. The Kier molecular flexibility index (Phi) is 8.65. The number of carbonyl (C=O) groups excluding carboxylic acids is 1. The van der Waals surface area contributed by atoms with Crippen LogP contribution in [0, 0.1) is 5.92 Å². The fraction of sp³-hybridized carbons (Fsp3) is 0.444. The number of methoxy groups -OCH3 is 1. The summed E-state index contributed by atoms with van der Waals surface area (Å²) in [4.78, 5) is 19.9. The van der Waals surface area contributed by atoms with Crippen LogP contribution >= 0.6 is 15.9 Å². The minimum absolute atomic E-state index is 0.0845. The van der Waals surface area contributed by atoms with Crippen molar-refractivity contribution < 1.29 is 22.5 Å². The van der Waals surface area contributed by atoms with Crippen molar-refractivity contribution in [3.63, 3.8) is 0 Å². The quantitative estimate of drug-likeness (QED) is 0.392. The van der Waals surface area contributed by atoms with E-state index in [1.165, 1.54) is 17.5 Å². The molecule has 2 aliphatic heterocycles. The molecular formula is C27H32BrN5O5S. The second kappa shape index (κ2) is 12.2. The molecular weight excluding hydrogens is 586 g/mol. The Morgan fingerprint density at radius 2 is 1.87 bits per heavy atom. The molecule has 3 heterocycles. The molecule has 2 aliphatic rings. The van der Waals surface area contributed by atoms with Crippen LogP contribution in [0.3, 0.4) is 0 Å². The second-order valence-electron chi connectivity index (χ2n) is 9.89. The molecule has 2 fully saturated rings. The predicted octanol–water partition coefficient (Wildman–Crippen LogP) is 4.53. The fourth-order valence-corrected chi connectivity index (χ4v) is 7.15. The normalized spacial score (nSPS) is 17.7. The van der Waals surface area contributed by atoms with Crippen LogP contribution in [0.25, 0.3) is 11.4 Å². The predicted molar refractivity (Wildman–Crippen MR) is 150 cm³/mol. The zero-order chi connectivity index (χ0) is 27.4. The third-order valence-corrected chi connectivity index (χ3v) is 9.65. The molecule has 12 heteroatoms. The van der Waals surface area contributed by atoms with Gasteiger partial charge in [0.15, 0.2) is 0 Å². The van der Waals surface area contributed by atoms with Crippen LogP contribution in [0.4, 0.5) is 5.69 Å². The van der Waals surface area contributed by atoms with E-state index in [1.54, 1.807) is 12.1 Å². The van der Waals surface area contributed by atoms with Crippen LogP contribution in [0.5, 0.6) is 5.75 Å². The number of nitrogens with zero attached hydrogens (tertiary/aromatic N) is 4. The lowest BCUT2D eigenvalue weighted by atomic mass is 9.96. The van der Waals surface area contributed by atoms with Crippen LogP contribution in [0.2, 0.25) is 0 Å². The Labute approximate surface area is 236 Å². The van der Waals surface area contributed by atoms with Crippen molar-refractivity contribution in [2.24, 2.45) is 5.92 Å². The molecule has 3 aromatic rings. The highest BCUT2D eigenvalue weighted by atomic mass is 79.9. The van der Waals surface area contributed by atoms with E-state index in [9.17, 15) is 13.2 Å². The van der Waals surface area contributed by atoms with E-state index < -0.39 is 10.0 Å².